The second-order valence-corrected chi connectivity index (χ2v) is 11.9. The fourth-order valence-corrected chi connectivity index (χ4v) is 6.50. The average Bonchev–Trinajstić information content (AvgIpc) is 3.51. The van der Waals surface area contributed by atoms with Crippen molar-refractivity contribution in [1.82, 2.24) is 4.98 Å². The van der Waals surface area contributed by atoms with Crippen LogP contribution in [0.1, 0.15) is 78.9 Å². The molecule has 2 atom stereocenters. The molecule has 0 fully saturated rings. The lowest BCUT2D eigenvalue weighted by molar-refractivity contribution is -0.137. The van der Waals surface area contributed by atoms with Crippen molar-refractivity contribution in [3.63, 3.8) is 0 Å². The molecule has 0 aliphatic carbocycles. The number of aliphatic imine (C=N–C) groups is 3. The molecule has 3 N–H and O–H groups in total. The Morgan fingerprint density at radius 3 is 1.80 bits per heavy atom. The molecule has 0 saturated heterocycles. The van der Waals surface area contributed by atoms with Gasteiger partial charge in [-0.25, -0.2) is 4.99 Å². The highest BCUT2D eigenvalue weighted by Crippen LogP contribution is 2.49. The van der Waals surface area contributed by atoms with Crippen LogP contribution in [-0.2, 0) is 16.0 Å². The molecule has 4 aliphatic heterocycles. The Hall–Kier alpha value is -4.07. The number of hydrogen-bond donors (Lipinski definition) is 3. The summed E-state index contributed by atoms with van der Waals surface area (Å²) in [5, 5.41) is 20.6. The first-order chi connectivity index (χ1) is 19.2. The van der Waals surface area contributed by atoms with Crippen molar-refractivity contribution in [3.8, 4) is 0 Å². The predicted octanol–water partition coefficient (Wildman–Crippen LogP) is 4.53. The number of fused-ring (bicyclic) bond motifs is 6. The Bertz CT molecular complexity index is 1770. The van der Waals surface area contributed by atoms with Crippen molar-refractivity contribution >= 4 is 41.2 Å². The van der Waals surface area contributed by atoms with Crippen LogP contribution in [-0.4, -0.2) is 55.3 Å². The largest absolute Gasteiger partial charge is 0.481 e. The number of hydrogen-bond acceptors (Lipinski definition) is 5. The number of aromatic amines is 1. The van der Waals surface area contributed by atoms with Crippen LogP contribution in [0.3, 0.4) is 0 Å². The maximum atomic E-state index is 11.5. The summed E-state index contributed by atoms with van der Waals surface area (Å²) in [6.45, 7) is 16.7. The SMILES string of the molecule is CC1=C(C)C2(C)N=C1/C=C1N=C(/C=c3\[nH]/c(c(C)c3CCC(=O)O)=C\C3=NC2(C)C(C)=C3C)C(CCC(=O)O)=C\1C. The molecule has 0 spiro atoms. The number of carboxylic acid groups (broad SMARTS) is 2. The molecule has 214 valence electrons. The van der Waals surface area contributed by atoms with Crippen LogP contribution in [0.5, 0.6) is 0 Å². The molecule has 0 saturated carbocycles. The molecule has 8 bridgehead atoms. The van der Waals surface area contributed by atoms with Gasteiger partial charge in [-0.05, 0) is 131 Å². The number of carbonyl (C=O) groups is 2. The lowest BCUT2D eigenvalue weighted by Crippen LogP contribution is -2.47. The second kappa shape index (κ2) is 9.79. The molecule has 5 heterocycles. The molecule has 0 amide bonds. The van der Waals surface area contributed by atoms with Crippen molar-refractivity contribution in [1.29, 1.82) is 0 Å². The normalized spacial score (nSPS) is 28.2. The maximum Gasteiger partial charge on any atom is 0.303 e. The highest BCUT2D eigenvalue weighted by molar-refractivity contribution is 6.25. The van der Waals surface area contributed by atoms with Crippen molar-refractivity contribution in [2.75, 3.05) is 0 Å². The lowest BCUT2D eigenvalue weighted by Gasteiger charge is -2.39. The summed E-state index contributed by atoms with van der Waals surface area (Å²) >= 11 is 0. The van der Waals surface area contributed by atoms with Crippen LogP contribution in [0.2, 0.25) is 0 Å². The summed E-state index contributed by atoms with van der Waals surface area (Å²) in [5.74, 6) is -1.73. The first-order valence-electron chi connectivity index (χ1n) is 14.1. The van der Waals surface area contributed by atoms with Crippen LogP contribution >= 0.6 is 0 Å². The molecule has 0 aromatic carbocycles. The third kappa shape index (κ3) is 4.40. The summed E-state index contributed by atoms with van der Waals surface area (Å²) in [6.07, 6.45) is 6.69. The van der Waals surface area contributed by atoms with E-state index in [0.717, 1.165) is 66.8 Å². The van der Waals surface area contributed by atoms with Crippen LogP contribution in [0.15, 0.2) is 60.2 Å². The minimum Gasteiger partial charge on any atom is -0.481 e. The summed E-state index contributed by atoms with van der Waals surface area (Å²) in [4.78, 5) is 42.2. The zero-order valence-corrected chi connectivity index (χ0v) is 25.1. The summed E-state index contributed by atoms with van der Waals surface area (Å²) in [7, 11) is 0. The number of H-pyrrole nitrogens is 1. The van der Waals surface area contributed by atoms with E-state index in [2.05, 4.69) is 52.6 Å². The molecule has 8 heteroatoms. The van der Waals surface area contributed by atoms with Gasteiger partial charge in [0.05, 0.1) is 22.8 Å². The number of rotatable bonds is 6. The van der Waals surface area contributed by atoms with E-state index in [0.29, 0.717) is 18.6 Å². The van der Waals surface area contributed by atoms with Crippen molar-refractivity contribution in [2.45, 2.75) is 92.2 Å². The first kappa shape index (κ1) is 28.5. The van der Waals surface area contributed by atoms with E-state index in [4.69, 9.17) is 15.0 Å². The summed E-state index contributed by atoms with van der Waals surface area (Å²) in [5.41, 5.74) is 10.2. The van der Waals surface area contributed by atoms with Crippen LogP contribution in [0.25, 0.3) is 12.2 Å². The van der Waals surface area contributed by atoms with Crippen molar-refractivity contribution < 1.29 is 19.8 Å². The Balaban J connectivity index is 1.86. The van der Waals surface area contributed by atoms with Gasteiger partial charge >= 0.3 is 11.9 Å². The smallest absolute Gasteiger partial charge is 0.303 e. The van der Waals surface area contributed by atoms with E-state index < -0.39 is 23.0 Å². The zero-order valence-electron chi connectivity index (χ0n) is 25.1. The maximum absolute atomic E-state index is 11.5. The Labute approximate surface area is 240 Å². The number of aliphatic carboxylic acids is 2. The molecule has 0 radical (unpaired) electrons. The van der Waals surface area contributed by atoms with Gasteiger partial charge < -0.3 is 15.2 Å². The van der Waals surface area contributed by atoms with Crippen molar-refractivity contribution in [3.05, 3.63) is 67.0 Å². The van der Waals surface area contributed by atoms with Gasteiger partial charge in [0.2, 0.25) is 0 Å². The quantitative estimate of drug-likeness (QED) is 0.477. The van der Waals surface area contributed by atoms with E-state index in [1.165, 1.54) is 5.57 Å². The van der Waals surface area contributed by atoms with Gasteiger partial charge in [-0.3, -0.25) is 19.6 Å². The molecule has 4 aliphatic rings. The van der Waals surface area contributed by atoms with Gasteiger partial charge in [0, 0.05) is 23.5 Å². The molecular formula is C33H38N4O4. The van der Waals surface area contributed by atoms with Crippen LogP contribution in [0, 0.1) is 6.92 Å². The predicted molar refractivity (Wildman–Crippen MR) is 163 cm³/mol. The van der Waals surface area contributed by atoms with Gasteiger partial charge in [0.1, 0.15) is 11.1 Å². The number of carboxylic acids is 2. The van der Waals surface area contributed by atoms with E-state index in [-0.39, 0.29) is 12.8 Å². The Morgan fingerprint density at radius 1 is 0.732 bits per heavy atom. The molecule has 1 aromatic rings. The standard InChI is InChI=1S/C33H38N4O4/c1-16-20(5)32(7)33(8)21(6)17(2)27(37-33)14-25-19(4)23(10-12-31(40)41)29(35-25)15-28-22(9-11-30(38)39)18(3)24(34-28)13-26(16)36-32/h13-15,34H,9-12H2,1-8H3,(H,38,39)(H,40,41)/b24-13-,25-14-,28-15-. The molecule has 8 nitrogen and oxygen atoms in total. The average molecular weight is 555 g/mol. The topological polar surface area (TPSA) is 127 Å². The van der Waals surface area contributed by atoms with Crippen LogP contribution < -0.4 is 10.7 Å². The lowest BCUT2D eigenvalue weighted by atomic mass is 9.71. The number of nitrogens with zero attached hydrogens (tertiary/aromatic N) is 3. The third-order valence-corrected chi connectivity index (χ3v) is 9.84. The number of allylic oxidation sites excluding steroid dienone is 5. The second-order valence-electron chi connectivity index (χ2n) is 11.9. The van der Waals surface area contributed by atoms with E-state index in [1.807, 2.05) is 26.0 Å². The fraction of sp³-hybridized carbons (Fsp3) is 0.424. The summed E-state index contributed by atoms with van der Waals surface area (Å²) < 4.78 is 0. The number of nitrogens with one attached hydrogen (secondary N) is 1. The van der Waals surface area contributed by atoms with Crippen LogP contribution in [0.4, 0.5) is 0 Å². The zero-order chi connectivity index (χ0) is 30.0. The van der Waals surface area contributed by atoms with E-state index in [1.54, 1.807) is 0 Å². The first-order valence-corrected chi connectivity index (χ1v) is 14.1. The van der Waals surface area contributed by atoms with E-state index in [9.17, 15) is 19.8 Å². The van der Waals surface area contributed by atoms with Crippen molar-refractivity contribution in [2.24, 2.45) is 15.0 Å². The van der Waals surface area contributed by atoms with Gasteiger partial charge in [0.15, 0.2) is 0 Å². The molecule has 2 unspecified atom stereocenters. The van der Waals surface area contributed by atoms with E-state index >= 15 is 0 Å². The molecule has 41 heavy (non-hydrogen) atoms. The Kier molecular flexibility index (Phi) is 6.79. The fourth-order valence-electron chi connectivity index (χ4n) is 6.50. The monoisotopic (exact) mass is 554 g/mol. The third-order valence-electron chi connectivity index (χ3n) is 9.84. The minimum atomic E-state index is -0.868. The van der Waals surface area contributed by atoms with Gasteiger partial charge in [-0.15, -0.1) is 0 Å². The highest BCUT2D eigenvalue weighted by Gasteiger charge is 2.53. The summed E-state index contributed by atoms with van der Waals surface area (Å²) in [6, 6.07) is 0. The van der Waals surface area contributed by atoms with Gasteiger partial charge in [0.25, 0.3) is 0 Å². The molecule has 1 aromatic heterocycles. The molecular weight excluding hydrogens is 516 g/mol. The number of aromatic nitrogens is 1. The van der Waals surface area contributed by atoms with Gasteiger partial charge in [-0.2, -0.15) is 0 Å². The van der Waals surface area contributed by atoms with Gasteiger partial charge in [-0.1, -0.05) is 0 Å². The minimum absolute atomic E-state index is 0.00318. The highest BCUT2D eigenvalue weighted by atomic mass is 16.4. The molecule has 5 rings (SSSR count). The Morgan fingerprint density at radius 2 is 1.24 bits per heavy atom.